The van der Waals surface area contributed by atoms with Gasteiger partial charge in [0, 0.05) is 11.4 Å². The molecule has 0 radical (unpaired) electrons. The van der Waals surface area contributed by atoms with Gasteiger partial charge in [0.05, 0.1) is 10.3 Å². The van der Waals surface area contributed by atoms with Crippen molar-refractivity contribution in [3.63, 3.8) is 0 Å². The summed E-state index contributed by atoms with van der Waals surface area (Å²) in [5.41, 5.74) is 2.77. The van der Waals surface area contributed by atoms with Crippen LogP contribution in [0.4, 0.5) is 15.8 Å². The van der Waals surface area contributed by atoms with Crippen LogP contribution in [0.2, 0.25) is 0 Å². The van der Waals surface area contributed by atoms with Crippen LogP contribution in [0.1, 0.15) is 49.1 Å². The van der Waals surface area contributed by atoms with Crippen molar-refractivity contribution in [2.24, 2.45) is 0 Å². The summed E-state index contributed by atoms with van der Waals surface area (Å²) in [6.07, 6.45) is 4.68. The summed E-state index contributed by atoms with van der Waals surface area (Å²) in [4.78, 5) is 12.6. The van der Waals surface area contributed by atoms with Gasteiger partial charge in [0.1, 0.15) is 5.82 Å². The molecule has 27 heavy (non-hydrogen) atoms. The molecule has 1 amide bonds. The molecule has 0 aromatic heterocycles. The number of hydrogen-bond acceptors (Lipinski definition) is 3. The number of nitrogens with one attached hydrogen (secondary N) is 2. The molecule has 0 unspecified atom stereocenters. The molecule has 140 valence electrons. The molecule has 1 aliphatic heterocycles. The fourth-order valence-electron chi connectivity index (χ4n) is 4.17. The predicted octanol–water partition coefficient (Wildman–Crippen LogP) is 3.88. The number of rotatable bonds is 4. The standard InChI is InChI=1S/C20H19FN2O3S/c21-13-4-6-15(7-5-13)27(25,26)23-14-10-16(12-2-3-12)18-17(11-14)20(8-1-9-20)19(24)22-18/h4-7,10-12,23H,1-3,8-9H2,(H,22,24). The number of carbonyl (C=O) groups excluding carboxylic acids is 1. The summed E-state index contributed by atoms with van der Waals surface area (Å²) in [5, 5.41) is 3.05. The van der Waals surface area contributed by atoms with Crippen molar-refractivity contribution < 1.29 is 17.6 Å². The Balaban J connectivity index is 1.57. The van der Waals surface area contributed by atoms with E-state index >= 15 is 0 Å². The lowest BCUT2D eigenvalue weighted by Crippen LogP contribution is -2.40. The number of hydrogen-bond donors (Lipinski definition) is 2. The van der Waals surface area contributed by atoms with Crippen LogP contribution in [0.3, 0.4) is 0 Å². The molecule has 0 bridgehead atoms. The third kappa shape index (κ3) is 2.56. The first-order chi connectivity index (χ1) is 12.9. The van der Waals surface area contributed by atoms with Crippen molar-refractivity contribution in [2.45, 2.75) is 48.3 Å². The Hall–Kier alpha value is -2.41. The van der Waals surface area contributed by atoms with Crippen LogP contribution < -0.4 is 10.0 Å². The van der Waals surface area contributed by atoms with Gasteiger partial charge >= 0.3 is 0 Å². The molecule has 2 aromatic carbocycles. The first-order valence-electron chi connectivity index (χ1n) is 9.17. The Morgan fingerprint density at radius 2 is 1.81 bits per heavy atom. The molecule has 7 heteroatoms. The molecule has 1 heterocycles. The molecule has 2 fully saturated rings. The molecular weight excluding hydrogens is 367 g/mol. The van der Waals surface area contributed by atoms with Crippen molar-refractivity contribution in [3.8, 4) is 0 Å². The lowest BCUT2D eigenvalue weighted by Gasteiger charge is -2.36. The highest BCUT2D eigenvalue weighted by atomic mass is 32.2. The maximum absolute atomic E-state index is 13.1. The molecule has 2 aliphatic carbocycles. The molecule has 5 nitrogen and oxygen atoms in total. The molecule has 0 atom stereocenters. The minimum absolute atomic E-state index is 0.00456. The van der Waals surface area contributed by atoms with Crippen molar-refractivity contribution >= 4 is 27.3 Å². The second-order valence-corrected chi connectivity index (χ2v) is 9.39. The fraction of sp³-hybridized carbons (Fsp3) is 0.350. The van der Waals surface area contributed by atoms with Crippen molar-refractivity contribution in [3.05, 3.63) is 53.3 Å². The summed E-state index contributed by atoms with van der Waals surface area (Å²) in [6, 6.07) is 8.35. The number of amides is 1. The third-order valence-corrected chi connectivity index (χ3v) is 7.36. The maximum Gasteiger partial charge on any atom is 0.261 e. The first kappa shape index (κ1) is 16.7. The second kappa shape index (κ2) is 5.55. The van der Waals surface area contributed by atoms with Crippen LogP contribution in [0.5, 0.6) is 0 Å². The lowest BCUT2D eigenvalue weighted by atomic mass is 9.65. The second-order valence-electron chi connectivity index (χ2n) is 7.71. The van der Waals surface area contributed by atoms with E-state index in [9.17, 15) is 17.6 Å². The highest BCUT2D eigenvalue weighted by molar-refractivity contribution is 7.92. The van der Waals surface area contributed by atoms with E-state index in [1.807, 2.05) is 6.07 Å². The highest BCUT2D eigenvalue weighted by Gasteiger charge is 2.52. The molecule has 2 N–H and O–H groups in total. The van der Waals surface area contributed by atoms with Crippen molar-refractivity contribution in [2.75, 3.05) is 10.0 Å². The number of halogens is 1. The van der Waals surface area contributed by atoms with Crippen molar-refractivity contribution in [1.82, 2.24) is 0 Å². The summed E-state index contributed by atoms with van der Waals surface area (Å²) in [6.45, 7) is 0. The van der Waals surface area contributed by atoms with E-state index in [4.69, 9.17) is 0 Å². The van der Waals surface area contributed by atoms with E-state index in [0.29, 0.717) is 11.6 Å². The van der Waals surface area contributed by atoms with E-state index in [0.717, 1.165) is 61.1 Å². The zero-order valence-electron chi connectivity index (χ0n) is 14.6. The number of anilines is 2. The summed E-state index contributed by atoms with van der Waals surface area (Å²) in [5.74, 6) is -0.0900. The molecule has 3 aliphatic rings. The Labute approximate surface area is 157 Å². The lowest BCUT2D eigenvalue weighted by molar-refractivity contribution is -0.123. The van der Waals surface area contributed by atoms with Gasteiger partial charge in [-0.15, -0.1) is 0 Å². The van der Waals surface area contributed by atoms with Crippen molar-refractivity contribution in [1.29, 1.82) is 0 Å². The smallest absolute Gasteiger partial charge is 0.261 e. The normalized spacial score (nSPS) is 20.1. The molecule has 5 rings (SSSR count). The number of sulfonamides is 1. The number of fused-ring (bicyclic) bond motifs is 2. The van der Waals surface area contributed by atoms with Gasteiger partial charge in [0.15, 0.2) is 0 Å². The van der Waals surface area contributed by atoms with E-state index in [2.05, 4.69) is 10.0 Å². The van der Waals surface area contributed by atoms with Gasteiger partial charge < -0.3 is 5.32 Å². The quantitative estimate of drug-likeness (QED) is 0.837. The third-order valence-electron chi connectivity index (χ3n) is 5.96. The van der Waals surface area contributed by atoms with Crippen LogP contribution in [-0.4, -0.2) is 14.3 Å². The first-order valence-corrected chi connectivity index (χ1v) is 10.7. The van der Waals surface area contributed by atoms with Crippen LogP contribution >= 0.6 is 0 Å². The van der Waals surface area contributed by atoms with Crippen LogP contribution in [0.25, 0.3) is 0 Å². The molecule has 1 spiro atoms. The molecule has 2 saturated carbocycles. The largest absolute Gasteiger partial charge is 0.325 e. The summed E-state index contributed by atoms with van der Waals surface area (Å²) in [7, 11) is -3.83. The summed E-state index contributed by atoms with van der Waals surface area (Å²) >= 11 is 0. The molecule has 2 aromatic rings. The molecular formula is C20H19FN2O3S. The SMILES string of the molecule is O=C1Nc2c(C3CC3)cc(NS(=O)(=O)c3ccc(F)cc3)cc2C12CCC2. The summed E-state index contributed by atoms with van der Waals surface area (Å²) < 4.78 is 41.1. The van der Waals surface area contributed by atoms with Gasteiger partial charge in [-0.25, -0.2) is 12.8 Å². The topological polar surface area (TPSA) is 75.3 Å². The Kier molecular flexibility index (Phi) is 3.44. The van der Waals surface area contributed by atoms with E-state index < -0.39 is 21.3 Å². The Morgan fingerprint density at radius 3 is 2.41 bits per heavy atom. The minimum Gasteiger partial charge on any atom is -0.325 e. The van der Waals surface area contributed by atoms with Gasteiger partial charge in [-0.2, -0.15) is 0 Å². The van der Waals surface area contributed by atoms with Crippen LogP contribution in [-0.2, 0) is 20.2 Å². The van der Waals surface area contributed by atoms with E-state index in [1.165, 1.54) is 12.1 Å². The minimum atomic E-state index is -3.83. The van der Waals surface area contributed by atoms with Gasteiger partial charge in [0.2, 0.25) is 5.91 Å². The van der Waals surface area contributed by atoms with E-state index in [1.54, 1.807) is 6.07 Å². The van der Waals surface area contributed by atoms with Gasteiger partial charge in [0.25, 0.3) is 10.0 Å². The predicted molar refractivity (Wildman–Crippen MR) is 99.8 cm³/mol. The number of benzene rings is 2. The van der Waals surface area contributed by atoms with Gasteiger partial charge in [-0.3, -0.25) is 9.52 Å². The Morgan fingerprint density at radius 1 is 1.11 bits per heavy atom. The zero-order chi connectivity index (χ0) is 18.8. The highest BCUT2D eigenvalue weighted by Crippen LogP contribution is 2.56. The van der Waals surface area contributed by atoms with Gasteiger partial charge in [-0.05, 0) is 79.1 Å². The molecule has 0 saturated heterocycles. The number of carbonyl (C=O) groups is 1. The van der Waals surface area contributed by atoms with Crippen LogP contribution in [0, 0.1) is 5.82 Å². The fourth-order valence-corrected chi connectivity index (χ4v) is 5.21. The van der Waals surface area contributed by atoms with Crippen LogP contribution in [0.15, 0.2) is 41.3 Å². The maximum atomic E-state index is 13.1. The average Bonchev–Trinajstić information content (AvgIpc) is 3.36. The zero-order valence-corrected chi connectivity index (χ0v) is 15.4. The average molecular weight is 386 g/mol. The van der Waals surface area contributed by atoms with E-state index in [-0.39, 0.29) is 10.8 Å². The monoisotopic (exact) mass is 386 g/mol. The van der Waals surface area contributed by atoms with Gasteiger partial charge in [-0.1, -0.05) is 6.42 Å². The Bertz CT molecular complexity index is 1060.